The number of nitrogens with one attached hydrogen (secondary N) is 1. The predicted octanol–water partition coefficient (Wildman–Crippen LogP) is 3.43. The van der Waals surface area contributed by atoms with Gasteiger partial charge in [-0.15, -0.1) is 0 Å². The molecule has 0 saturated heterocycles. The predicted molar refractivity (Wildman–Crippen MR) is 82.1 cm³/mol. The first-order chi connectivity index (χ1) is 9.41. The lowest BCUT2D eigenvalue weighted by molar-refractivity contribution is -0.000401. The van der Waals surface area contributed by atoms with E-state index in [1.165, 1.54) is 0 Å². The van der Waals surface area contributed by atoms with Crippen LogP contribution in [0.3, 0.4) is 0 Å². The highest BCUT2D eigenvalue weighted by Gasteiger charge is 2.31. The molecule has 0 aromatic carbocycles. The van der Waals surface area contributed by atoms with Crippen molar-refractivity contribution in [2.45, 2.75) is 64.5 Å². The molecule has 0 aliphatic heterocycles. The number of nitrogens with zero attached hydrogens (tertiary/aromatic N) is 2. The monoisotopic (exact) mass is 297 g/mol. The zero-order valence-corrected chi connectivity index (χ0v) is 13.2. The summed E-state index contributed by atoms with van der Waals surface area (Å²) in [5.41, 5.74) is 0.307. The minimum absolute atomic E-state index is 0.380. The smallest absolute Gasteiger partial charge is 0.148 e. The quantitative estimate of drug-likeness (QED) is 0.894. The Hall–Kier alpha value is -0.870. The maximum absolute atomic E-state index is 10.1. The highest BCUT2D eigenvalue weighted by atomic mass is 35.5. The molecule has 112 valence electrons. The topological polar surface area (TPSA) is 58.0 Å². The number of halogens is 1. The van der Waals surface area contributed by atoms with Gasteiger partial charge in [-0.25, -0.2) is 9.97 Å². The van der Waals surface area contributed by atoms with Crippen molar-refractivity contribution in [2.75, 3.05) is 5.32 Å². The van der Waals surface area contributed by atoms with Crippen molar-refractivity contribution in [1.82, 2.24) is 9.97 Å². The number of aliphatic hydroxyl groups is 1. The van der Waals surface area contributed by atoms with Crippen LogP contribution in [-0.2, 0) is 6.42 Å². The molecule has 2 N–H and O–H groups in total. The van der Waals surface area contributed by atoms with E-state index in [1.54, 1.807) is 6.33 Å². The fraction of sp³-hybridized carbons (Fsp3) is 0.733. The van der Waals surface area contributed by atoms with Crippen molar-refractivity contribution < 1.29 is 5.11 Å². The summed E-state index contributed by atoms with van der Waals surface area (Å²) in [4.78, 5) is 8.42. The molecule has 20 heavy (non-hydrogen) atoms. The van der Waals surface area contributed by atoms with Crippen molar-refractivity contribution in [3.63, 3.8) is 0 Å². The maximum atomic E-state index is 10.1. The van der Waals surface area contributed by atoms with E-state index in [2.05, 4.69) is 15.3 Å². The van der Waals surface area contributed by atoms with E-state index in [0.29, 0.717) is 17.0 Å². The van der Waals surface area contributed by atoms with E-state index >= 15 is 0 Å². The van der Waals surface area contributed by atoms with Gasteiger partial charge >= 0.3 is 0 Å². The Balaban J connectivity index is 1.96. The molecule has 2 rings (SSSR count). The van der Waals surface area contributed by atoms with Gasteiger partial charge in [-0.2, -0.15) is 0 Å². The van der Waals surface area contributed by atoms with Crippen LogP contribution in [0.1, 0.15) is 52.1 Å². The van der Waals surface area contributed by atoms with Gasteiger partial charge in [0.25, 0.3) is 0 Å². The molecule has 0 bridgehead atoms. The van der Waals surface area contributed by atoms with Crippen LogP contribution >= 0.6 is 11.6 Å². The number of aryl methyl sites for hydroxylation is 1. The lowest BCUT2D eigenvalue weighted by atomic mass is 9.77. The summed E-state index contributed by atoms with van der Waals surface area (Å²) in [7, 11) is 0. The van der Waals surface area contributed by atoms with Crippen LogP contribution in [0.25, 0.3) is 0 Å². The molecule has 1 aromatic rings. The standard InChI is InChI=1S/C15H24ClN3O/c1-4-12-13(16)14(18-9-17-12)19-11-7-5-10(6-8-11)15(2,3)20/h9-11,20H,4-8H2,1-3H3,(H,17,18,19)/t10-,11+. The number of hydrogen-bond donors (Lipinski definition) is 2. The van der Waals surface area contributed by atoms with Crippen molar-refractivity contribution in [3.8, 4) is 0 Å². The van der Waals surface area contributed by atoms with Gasteiger partial charge in [0.2, 0.25) is 0 Å². The van der Waals surface area contributed by atoms with Crippen LogP contribution in [-0.4, -0.2) is 26.7 Å². The Morgan fingerprint density at radius 1 is 1.30 bits per heavy atom. The van der Waals surface area contributed by atoms with Crippen LogP contribution in [0.4, 0.5) is 5.82 Å². The molecular formula is C15H24ClN3O. The summed E-state index contributed by atoms with van der Waals surface area (Å²) in [6, 6.07) is 0.380. The molecule has 0 radical (unpaired) electrons. The Morgan fingerprint density at radius 2 is 1.95 bits per heavy atom. The van der Waals surface area contributed by atoms with Gasteiger partial charge in [0.05, 0.1) is 11.3 Å². The second kappa shape index (κ2) is 6.27. The normalized spacial score (nSPS) is 23.6. The Kier molecular flexibility index (Phi) is 4.86. The van der Waals surface area contributed by atoms with E-state index < -0.39 is 5.60 Å². The Bertz CT molecular complexity index is 451. The summed E-state index contributed by atoms with van der Waals surface area (Å²) in [5.74, 6) is 1.12. The molecule has 0 atom stereocenters. The van der Waals surface area contributed by atoms with Crippen molar-refractivity contribution in [1.29, 1.82) is 0 Å². The number of anilines is 1. The molecular weight excluding hydrogens is 274 g/mol. The van der Waals surface area contributed by atoms with Crippen LogP contribution in [0.2, 0.25) is 5.02 Å². The maximum Gasteiger partial charge on any atom is 0.148 e. The molecule has 1 fully saturated rings. The second-order valence-electron chi connectivity index (χ2n) is 6.18. The highest BCUT2D eigenvalue weighted by Crippen LogP contribution is 2.34. The average Bonchev–Trinajstić information content (AvgIpc) is 2.41. The zero-order valence-electron chi connectivity index (χ0n) is 12.5. The van der Waals surface area contributed by atoms with E-state index in [9.17, 15) is 5.11 Å². The minimum Gasteiger partial charge on any atom is -0.390 e. The molecule has 0 spiro atoms. The van der Waals surface area contributed by atoms with E-state index in [1.807, 2.05) is 20.8 Å². The van der Waals surface area contributed by atoms with Crippen LogP contribution < -0.4 is 5.32 Å². The van der Waals surface area contributed by atoms with E-state index in [4.69, 9.17) is 11.6 Å². The van der Waals surface area contributed by atoms with E-state index in [0.717, 1.165) is 43.6 Å². The molecule has 1 aliphatic carbocycles. The van der Waals surface area contributed by atoms with Crippen LogP contribution in [0, 0.1) is 5.92 Å². The third kappa shape index (κ3) is 3.61. The average molecular weight is 298 g/mol. The van der Waals surface area contributed by atoms with Crippen LogP contribution in [0.15, 0.2) is 6.33 Å². The highest BCUT2D eigenvalue weighted by molar-refractivity contribution is 6.33. The number of rotatable bonds is 4. The van der Waals surface area contributed by atoms with Crippen molar-refractivity contribution >= 4 is 17.4 Å². The van der Waals surface area contributed by atoms with Gasteiger partial charge in [-0.05, 0) is 51.9 Å². The third-order valence-corrected chi connectivity index (χ3v) is 4.66. The van der Waals surface area contributed by atoms with Gasteiger partial charge in [0, 0.05) is 6.04 Å². The van der Waals surface area contributed by atoms with E-state index in [-0.39, 0.29) is 0 Å². The summed E-state index contributed by atoms with van der Waals surface area (Å²) >= 11 is 6.30. The Morgan fingerprint density at radius 3 is 2.50 bits per heavy atom. The summed E-state index contributed by atoms with van der Waals surface area (Å²) in [5, 5.41) is 14.1. The first kappa shape index (κ1) is 15.5. The van der Waals surface area contributed by atoms with Crippen molar-refractivity contribution in [2.24, 2.45) is 5.92 Å². The van der Waals surface area contributed by atoms with Gasteiger partial charge in [0.1, 0.15) is 17.2 Å². The minimum atomic E-state index is -0.576. The first-order valence-electron chi connectivity index (χ1n) is 7.40. The molecule has 1 aliphatic rings. The summed E-state index contributed by atoms with van der Waals surface area (Å²) in [6.07, 6.45) is 6.51. The van der Waals surface area contributed by atoms with Gasteiger partial charge in [0.15, 0.2) is 0 Å². The number of hydrogen-bond acceptors (Lipinski definition) is 4. The fourth-order valence-corrected chi connectivity index (χ4v) is 3.18. The Labute approximate surface area is 126 Å². The lowest BCUT2D eigenvalue weighted by Gasteiger charge is -2.36. The third-order valence-electron chi connectivity index (χ3n) is 4.26. The van der Waals surface area contributed by atoms with Crippen LogP contribution in [0.5, 0.6) is 0 Å². The van der Waals surface area contributed by atoms with Gasteiger partial charge in [-0.3, -0.25) is 0 Å². The van der Waals surface area contributed by atoms with Gasteiger partial charge < -0.3 is 10.4 Å². The molecule has 4 nitrogen and oxygen atoms in total. The van der Waals surface area contributed by atoms with Crippen molar-refractivity contribution in [3.05, 3.63) is 17.0 Å². The largest absolute Gasteiger partial charge is 0.390 e. The second-order valence-corrected chi connectivity index (χ2v) is 6.56. The first-order valence-corrected chi connectivity index (χ1v) is 7.78. The molecule has 0 unspecified atom stereocenters. The number of aromatic nitrogens is 2. The summed E-state index contributed by atoms with van der Waals surface area (Å²) < 4.78 is 0. The van der Waals surface area contributed by atoms with Gasteiger partial charge in [-0.1, -0.05) is 18.5 Å². The molecule has 0 amide bonds. The molecule has 1 heterocycles. The SMILES string of the molecule is CCc1ncnc(N[C@H]2CC[C@@H](C(C)(C)O)CC2)c1Cl. The summed E-state index contributed by atoms with van der Waals surface area (Å²) in [6.45, 7) is 5.84. The molecule has 1 aromatic heterocycles. The lowest BCUT2D eigenvalue weighted by Crippen LogP contribution is -2.37. The molecule has 5 heteroatoms. The zero-order chi connectivity index (χ0) is 14.8. The molecule has 1 saturated carbocycles. The fourth-order valence-electron chi connectivity index (χ4n) is 2.89.